The van der Waals surface area contributed by atoms with Gasteiger partial charge in [0.1, 0.15) is 12.4 Å². The normalized spacial score (nSPS) is 11.9. The summed E-state index contributed by atoms with van der Waals surface area (Å²) >= 11 is 0. The Labute approximate surface area is 138 Å². The fourth-order valence-electron chi connectivity index (χ4n) is 2.21. The van der Waals surface area contributed by atoms with Crippen LogP contribution in [0.1, 0.15) is 6.42 Å². The van der Waals surface area contributed by atoms with Crippen molar-refractivity contribution in [2.45, 2.75) is 12.6 Å². The van der Waals surface area contributed by atoms with Crippen molar-refractivity contribution >= 4 is 11.2 Å². The number of aryl methyl sites for hydroxylation is 1. The van der Waals surface area contributed by atoms with Gasteiger partial charge in [0.25, 0.3) is 5.56 Å². The molecule has 132 valence electrons. The highest BCUT2D eigenvalue weighted by molar-refractivity contribution is 5.70. The Morgan fingerprint density at radius 2 is 1.88 bits per heavy atom. The van der Waals surface area contributed by atoms with Gasteiger partial charge in [0.05, 0.1) is 18.4 Å². The van der Waals surface area contributed by atoms with E-state index in [9.17, 15) is 22.4 Å². The molecule has 1 aromatic carbocycles. The number of ether oxygens (including phenoxy) is 1. The number of aromatic nitrogens is 4. The van der Waals surface area contributed by atoms with Crippen LogP contribution in [0.25, 0.3) is 16.9 Å². The van der Waals surface area contributed by atoms with Gasteiger partial charge in [-0.05, 0) is 24.3 Å². The summed E-state index contributed by atoms with van der Waals surface area (Å²) in [6.45, 7) is -0.708. The first kappa shape index (κ1) is 16.9. The van der Waals surface area contributed by atoms with Gasteiger partial charge in [-0.25, -0.2) is 13.9 Å². The second kappa shape index (κ2) is 6.19. The number of alkyl halides is 3. The topological polar surface area (TPSA) is 61.9 Å². The van der Waals surface area contributed by atoms with E-state index in [0.717, 1.165) is 16.7 Å². The summed E-state index contributed by atoms with van der Waals surface area (Å²) in [5, 5.41) is 0. The van der Waals surface area contributed by atoms with E-state index in [2.05, 4.69) is 9.97 Å². The Bertz CT molecular complexity index is 961. The van der Waals surface area contributed by atoms with Gasteiger partial charge in [0.15, 0.2) is 11.2 Å². The average molecular weight is 356 g/mol. The molecule has 0 amide bonds. The molecule has 0 bridgehead atoms. The summed E-state index contributed by atoms with van der Waals surface area (Å²) in [5.74, 6) is -0.525. The zero-order valence-corrected chi connectivity index (χ0v) is 12.9. The Morgan fingerprint density at radius 1 is 1.20 bits per heavy atom. The molecule has 0 fully saturated rings. The van der Waals surface area contributed by atoms with Crippen LogP contribution < -0.4 is 10.3 Å². The first-order valence-corrected chi connectivity index (χ1v) is 7.16. The van der Waals surface area contributed by atoms with Crippen LogP contribution in [0.4, 0.5) is 17.6 Å². The molecule has 0 radical (unpaired) electrons. The van der Waals surface area contributed by atoms with Crippen LogP contribution in [0.5, 0.6) is 6.01 Å². The number of imidazole rings is 1. The smallest absolute Gasteiger partial charge is 0.392 e. The number of nitrogens with zero attached hydrogens (tertiary/aromatic N) is 4. The third kappa shape index (κ3) is 3.47. The van der Waals surface area contributed by atoms with Crippen molar-refractivity contribution in [3.8, 4) is 11.7 Å². The molecule has 0 aliphatic rings. The highest BCUT2D eigenvalue weighted by atomic mass is 19.4. The number of halogens is 4. The van der Waals surface area contributed by atoms with E-state index in [0.29, 0.717) is 0 Å². The summed E-state index contributed by atoms with van der Waals surface area (Å²) in [5.41, 5.74) is -0.229. The molecular formula is C15H12F4N4O2. The van der Waals surface area contributed by atoms with Crippen molar-refractivity contribution in [1.29, 1.82) is 0 Å². The van der Waals surface area contributed by atoms with E-state index < -0.39 is 30.6 Å². The van der Waals surface area contributed by atoms with Gasteiger partial charge >= 0.3 is 12.2 Å². The molecule has 0 aliphatic heterocycles. The molecule has 0 spiro atoms. The van der Waals surface area contributed by atoms with Gasteiger partial charge < -0.3 is 9.30 Å². The summed E-state index contributed by atoms with van der Waals surface area (Å²) in [7, 11) is 1.59. The molecule has 0 saturated carbocycles. The van der Waals surface area contributed by atoms with E-state index in [4.69, 9.17) is 4.74 Å². The van der Waals surface area contributed by atoms with Crippen molar-refractivity contribution in [3.05, 3.63) is 46.8 Å². The second-order valence-electron chi connectivity index (χ2n) is 5.25. The molecule has 3 rings (SSSR count). The molecule has 0 atom stereocenters. The predicted octanol–water partition coefficient (Wildman–Crippen LogP) is 2.59. The predicted molar refractivity (Wildman–Crippen MR) is 80.2 cm³/mol. The molecule has 0 N–H and O–H groups in total. The molecular weight excluding hydrogens is 344 g/mol. The van der Waals surface area contributed by atoms with Crippen LogP contribution in [-0.4, -0.2) is 31.9 Å². The first-order chi connectivity index (χ1) is 11.8. The minimum Gasteiger partial charge on any atom is -0.464 e. The molecule has 3 aromatic rings. The van der Waals surface area contributed by atoms with Gasteiger partial charge in [0.2, 0.25) is 0 Å². The largest absolute Gasteiger partial charge is 0.464 e. The van der Waals surface area contributed by atoms with Crippen molar-refractivity contribution in [3.63, 3.8) is 0 Å². The van der Waals surface area contributed by atoms with E-state index >= 15 is 0 Å². The maximum atomic E-state index is 13.1. The molecule has 2 heterocycles. The van der Waals surface area contributed by atoms with Crippen molar-refractivity contribution in [2.75, 3.05) is 6.61 Å². The number of hydrogen-bond donors (Lipinski definition) is 0. The number of hydrogen-bond acceptors (Lipinski definition) is 4. The van der Waals surface area contributed by atoms with Gasteiger partial charge in [-0.15, -0.1) is 0 Å². The Morgan fingerprint density at radius 3 is 2.52 bits per heavy atom. The van der Waals surface area contributed by atoms with Gasteiger partial charge in [0, 0.05) is 7.05 Å². The van der Waals surface area contributed by atoms with Crippen LogP contribution in [0.2, 0.25) is 0 Å². The number of benzene rings is 1. The van der Waals surface area contributed by atoms with Gasteiger partial charge in [-0.1, -0.05) is 0 Å². The molecule has 6 nitrogen and oxygen atoms in total. The lowest BCUT2D eigenvalue weighted by atomic mass is 10.3. The zero-order chi connectivity index (χ0) is 18.2. The highest BCUT2D eigenvalue weighted by Gasteiger charge is 2.27. The fourth-order valence-corrected chi connectivity index (χ4v) is 2.21. The van der Waals surface area contributed by atoms with Crippen molar-refractivity contribution in [2.24, 2.45) is 7.05 Å². The zero-order valence-electron chi connectivity index (χ0n) is 12.9. The van der Waals surface area contributed by atoms with E-state index in [1.54, 1.807) is 7.05 Å². The van der Waals surface area contributed by atoms with E-state index in [1.165, 1.54) is 23.0 Å². The molecule has 0 saturated heterocycles. The summed E-state index contributed by atoms with van der Waals surface area (Å²) in [6.07, 6.45) is -4.25. The lowest BCUT2D eigenvalue weighted by Crippen LogP contribution is -2.24. The average Bonchev–Trinajstić information content (AvgIpc) is 2.89. The van der Waals surface area contributed by atoms with Crippen molar-refractivity contribution in [1.82, 2.24) is 19.1 Å². The van der Waals surface area contributed by atoms with Crippen LogP contribution in [-0.2, 0) is 7.05 Å². The molecule has 0 aliphatic carbocycles. The maximum absolute atomic E-state index is 13.1. The quantitative estimate of drug-likeness (QED) is 0.674. The molecule has 0 unspecified atom stereocenters. The third-order valence-electron chi connectivity index (χ3n) is 3.41. The summed E-state index contributed by atoms with van der Waals surface area (Å²) < 4.78 is 57.7. The standard InChI is InChI=1S/C15H12F4N4O2/c1-22-8-20-11-12(22)21-14(25-7-6-15(17,18)19)23(13(11)24)10-4-2-9(16)3-5-10/h2-5,8H,6-7H2,1H3. The lowest BCUT2D eigenvalue weighted by Gasteiger charge is -2.14. The Hall–Kier alpha value is -2.91. The van der Waals surface area contributed by atoms with E-state index in [1.807, 2.05) is 0 Å². The minimum absolute atomic E-state index is 0.0231. The van der Waals surface area contributed by atoms with Crippen LogP contribution >= 0.6 is 0 Å². The van der Waals surface area contributed by atoms with Crippen LogP contribution in [0, 0.1) is 5.82 Å². The SMILES string of the molecule is Cn1cnc2c(=O)n(-c3ccc(F)cc3)c(OCCC(F)(F)F)nc21. The molecule has 25 heavy (non-hydrogen) atoms. The second-order valence-corrected chi connectivity index (χ2v) is 5.25. The highest BCUT2D eigenvalue weighted by Crippen LogP contribution is 2.21. The van der Waals surface area contributed by atoms with Gasteiger partial charge in [-0.2, -0.15) is 18.2 Å². The number of fused-ring (bicyclic) bond motifs is 1. The monoisotopic (exact) mass is 356 g/mol. The first-order valence-electron chi connectivity index (χ1n) is 7.16. The maximum Gasteiger partial charge on any atom is 0.392 e. The Balaban J connectivity index is 2.11. The third-order valence-corrected chi connectivity index (χ3v) is 3.41. The van der Waals surface area contributed by atoms with E-state index in [-0.39, 0.29) is 22.9 Å². The Kier molecular flexibility index (Phi) is 4.19. The summed E-state index contributed by atoms with van der Waals surface area (Å²) in [4.78, 5) is 20.7. The minimum atomic E-state index is -4.41. The molecule has 10 heteroatoms. The van der Waals surface area contributed by atoms with Crippen molar-refractivity contribution < 1.29 is 22.3 Å². The summed E-state index contributed by atoms with van der Waals surface area (Å²) in [6, 6.07) is 4.50. The lowest BCUT2D eigenvalue weighted by molar-refractivity contribution is -0.139. The van der Waals surface area contributed by atoms with Crippen LogP contribution in [0.3, 0.4) is 0 Å². The van der Waals surface area contributed by atoms with Crippen LogP contribution in [0.15, 0.2) is 35.4 Å². The molecule has 2 aromatic heterocycles. The fraction of sp³-hybridized carbons (Fsp3) is 0.267. The van der Waals surface area contributed by atoms with Gasteiger partial charge in [-0.3, -0.25) is 4.79 Å². The number of rotatable bonds is 4.